The highest BCUT2D eigenvalue weighted by atomic mass is 32.1. The predicted molar refractivity (Wildman–Crippen MR) is 79.8 cm³/mol. The number of hydrogen-bond acceptors (Lipinski definition) is 4. The van der Waals surface area contributed by atoms with Gasteiger partial charge in [-0.1, -0.05) is 12.1 Å². The summed E-state index contributed by atoms with van der Waals surface area (Å²) in [6.07, 6.45) is 0. The Balaban J connectivity index is 2.21. The van der Waals surface area contributed by atoms with E-state index >= 15 is 0 Å². The van der Waals surface area contributed by atoms with Gasteiger partial charge < -0.3 is 5.11 Å². The van der Waals surface area contributed by atoms with Gasteiger partial charge >= 0.3 is 0 Å². The summed E-state index contributed by atoms with van der Waals surface area (Å²) in [6.45, 7) is 2.07. The molecular weight excluding hydrogens is 280 g/mol. The van der Waals surface area contributed by atoms with Crippen LogP contribution in [0.3, 0.4) is 0 Å². The number of rotatable bonds is 3. The number of aliphatic hydroxyl groups is 1. The second kappa shape index (κ2) is 4.63. The lowest BCUT2D eigenvalue weighted by Crippen LogP contribution is -2.25. The summed E-state index contributed by atoms with van der Waals surface area (Å²) >= 11 is 4.85. The van der Waals surface area contributed by atoms with Crippen molar-refractivity contribution in [2.75, 3.05) is 0 Å². The zero-order valence-electron chi connectivity index (χ0n) is 9.79. The molecule has 18 heavy (non-hydrogen) atoms. The molecule has 4 heteroatoms. The van der Waals surface area contributed by atoms with Crippen molar-refractivity contribution in [2.45, 2.75) is 12.5 Å². The van der Waals surface area contributed by atoms with Gasteiger partial charge in [0, 0.05) is 19.5 Å². The molecule has 0 saturated carbocycles. The SMILES string of the molecule is Cc1ccc(C(O)(c2cccs2)c2cccs2)s1. The minimum Gasteiger partial charge on any atom is -0.374 e. The number of aryl methyl sites for hydroxylation is 1. The minimum atomic E-state index is -0.985. The Hall–Kier alpha value is -0.940. The van der Waals surface area contributed by atoms with Crippen LogP contribution >= 0.6 is 34.0 Å². The van der Waals surface area contributed by atoms with Crippen molar-refractivity contribution < 1.29 is 5.11 Å². The summed E-state index contributed by atoms with van der Waals surface area (Å²) in [4.78, 5) is 4.17. The largest absolute Gasteiger partial charge is 0.374 e. The Kier molecular flexibility index (Phi) is 3.11. The Morgan fingerprint density at radius 2 is 1.50 bits per heavy atom. The van der Waals surface area contributed by atoms with E-state index in [9.17, 15) is 5.11 Å². The Morgan fingerprint density at radius 1 is 0.889 bits per heavy atom. The van der Waals surface area contributed by atoms with Crippen LogP contribution in [0.4, 0.5) is 0 Å². The molecule has 92 valence electrons. The molecule has 1 nitrogen and oxygen atoms in total. The molecule has 0 aliphatic heterocycles. The third-order valence-electron chi connectivity index (χ3n) is 2.85. The Bertz CT molecular complexity index is 586. The molecule has 0 radical (unpaired) electrons. The van der Waals surface area contributed by atoms with E-state index in [1.807, 2.05) is 41.1 Å². The highest BCUT2D eigenvalue weighted by Crippen LogP contribution is 2.43. The van der Waals surface area contributed by atoms with Crippen LogP contribution in [0.15, 0.2) is 47.2 Å². The van der Waals surface area contributed by atoms with Gasteiger partial charge in [0.1, 0.15) is 0 Å². The van der Waals surface area contributed by atoms with Crippen LogP contribution in [-0.4, -0.2) is 5.11 Å². The quantitative estimate of drug-likeness (QED) is 0.755. The van der Waals surface area contributed by atoms with Crippen LogP contribution in [-0.2, 0) is 5.60 Å². The molecule has 1 N–H and O–H groups in total. The van der Waals surface area contributed by atoms with Crippen molar-refractivity contribution in [1.82, 2.24) is 0 Å². The maximum atomic E-state index is 11.2. The lowest BCUT2D eigenvalue weighted by atomic mass is 9.98. The van der Waals surface area contributed by atoms with E-state index in [-0.39, 0.29) is 0 Å². The van der Waals surface area contributed by atoms with Gasteiger partial charge in [0.25, 0.3) is 0 Å². The van der Waals surface area contributed by atoms with Gasteiger partial charge in [-0.3, -0.25) is 0 Å². The maximum Gasteiger partial charge on any atom is 0.167 e. The van der Waals surface area contributed by atoms with Crippen molar-refractivity contribution in [3.05, 3.63) is 66.7 Å². The van der Waals surface area contributed by atoms with E-state index in [0.717, 1.165) is 14.6 Å². The van der Waals surface area contributed by atoms with Crippen molar-refractivity contribution in [1.29, 1.82) is 0 Å². The summed E-state index contributed by atoms with van der Waals surface area (Å²) in [6, 6.07) is 12.1. The van der Waals surface area contributed by atoms with Crippen LogP contribution in [0.1, 0.15) is 19.5 Å². The molecule has 3 rings (SSSR count). The highest BCUT2D eigenvalue weighted by Gasteiger charge is 2.37. The molecule has 0 unspecified atom stereocenters. The first-order valence-electron chi connectivity index (χ1n) is 5.58. The van der Waals surface area contributed by atoms with Crippen LogP contribution in [0.5, 0.6) is 0 Å². The number of hydrogen-bond donors (Lipinski definition) is 1. The van der Waals surface area contributed by atoms with E-state index in [0.29, 0.717) is 0 Å². The highest BCUT2D eigenvalue weighted by molar-refractivity contribution is 7.14. The first-order valence-corrected chi connectivity index (χ1v) is 8.16. The number of thiophene rings is 3. The molecule has 0 atom stereocenters. The van der Waals surface area contributed by atoms with Gasteiger partial charge in [-0.2, -0.15) is 0 Å². The molecule has 0 bridgehead atoms. The first kappa shape index (κ1) is 12.1. The molecule has 0 saturated heterocycles. The topological polar surface area (TPSA) is 20.2 Å². The summed E-state index contributed by atoms with van der Waals surface area (Å²) in [5.41, 5.74) is -0.985. The summed E-state index contributed by atoms with van der Waals surface area (Å²) in [5, 5.41) is 15.3. The van der Waals surface area contributed by atoms with E-state index in [2.05, 4.69) is 13.0 Å². The van der Waals surface area contributed by atoms with E-state index in [1.165, 1.54) is 4.88 Å². The van der Waals surface area contributed by atoms with Crippen molar-refractivity contribution in [3.63, 3.8) is 0 Å². The summed E-state index contributed by atoms with van der Waals surface area (Å²) in [5.74, 6) is 0. The maximum absolute atomic E-state index is 11.2. The van der Waals surface area contributed by atoms with Crippen LogP contribution in [0.2, 0.25) is 0 Å². The normalized spacial score (nSPS) is 11.9. The fourth-order valence-electron chi connectivity index (χ4n) is 1.96. The fraction of sp³-hybridized carbons (Fsp3) is 0.143. The van der Waals surface area contributed by atoms with E-state index in [1.54, 1.807) is 34.0 Å². The van der Waals surface area contributed by atoms with Gasteiger partial charge in [0.05, 0.1) is 0 Å². The zero-order chi connectivity index (χ0) is 12.6. The fourth-order valence-corrected chi connectivity index (χ4v) is 4.85. The molecule has 0 amide bonds. The summed E-state index contributed by atoms with van der Waals surface area (Å²) < 4.78 is 0. The van der Waals surface area contributed by atoms with Gasteiger partial charge in [-0.15, -0.1) is 34.0 Å². The second-order valence-electron chi connectivity index (χ2n) is 4.08. The molecule has 3 aromatic heterocycles. The lowest BCUT2D eigenvalue weighted by molar-refractivity contribution is 0.137. The molecular formula is C14H12OS3. The Morgan fingerprint density at radius 3 is 1.89 bits per heavy atom. The Labute approximate surface area is 118 Å². The molecule has 3 heterocycles. The third-order valence-corrected chi connectivity index (χ3v) is 5.92. The van der Waals surface area contributed by atoms with Crippen LogP contribution < -0.4 is 0 Å². The molecule has 0 aliphatic carbocycles. The third kappa shape index (κ3) is 1.86. The van der Waals surface area contributed by atoms with Gasteiger partial charge in [-0.25, -0.2) is 0 Å². The zero-order valence-corrected chi connectivity index (χ0v) is 12.2. The average molecular weight is 292 g/mol. The molecule has 3 aromatic rings. The van der Waals surface area contributed by atoms with Gasteiger partial charge in [0.2, 0.25) is 0 Å². The molecule has 0 aliphatic rings. The predicted octanol–water partition coefficient (Wildman–Crippen LogP) is 4.46. The van der Waals surface area contributed by atoms with Gasteiger partial charge in [-0.05, 0) is 41.9 Å². The van der Waals surface area contributed by atoms with Crippen molar-refractivity contribution in [3.8, 4) is 0 Å². The summed E-state index contributed by atoms with van der Waals surface area (Å²) in [7, 11) is 0. The van der Waals surface area contributed by atoms with E-state index < -0.39 is 5.60 Å². The van der Waals surface area contributed by atoms with E-state index in [4.69, 9.17) is 0 Å². The molecule has 0 aromatic carbocycles. The average Bonchev–Trinajstić information content (AvgIpc) is 3.11. The smallest absolute Gasteiger partial charge is 0.167 e. The molecule has 0 fully saturated rings. The van der Waals surface area contributed by atoms with Crippen LogP contribution in [0.25, 0.3) is 0 Å². The monoisotopic (exact) mass is 292 g/mol. The van der Waals surface area contributed by atoms with Crippen LogP contribution in [0, 0.1) is 6.92 Å². The first-order chi connectivity index (χ1) is 8.71. The second-order valence-corrected chi connectivity index (χ2v) is 7.26. The van der Waals surface area contributed by atoms with Gasteiger partial charge in [0.15, 0.2) is 5.60 Å². The lowest BCUT2D eigenvalue weighted by Gasteiger charge is -2.24. The van der Waals surface area contributed by atoms with Crippen molar-refractivity contribution in [2.24, 2.45) is 0 Å². The standard InChI is InChI=1S/C14H12OS3/c1-10-6-7-13(18-10)14(15,11-4-2-8-16-11)12-5-3-9-17-12/h2-9,15H,1H3. The molecule has 0 spiro atoms. The van der Waals surface area contributed by atoms with Crippen molar-refractivity contribution >= 4 is 34.0 Å². The minimum absolute atomic E-state index is 0.979.